The summed E-state index contributed by atoms with van der Waals surface area (Å²) in [6, 6.07) is -0.807. The number of carboxylic acids is 1. The second-order valence-electron chi connectivity index (χ2n) is 6.64. The lowest BCUT2D eigenvalue weighted by Gasteiger charge is -2.29. The van der Waals surface area contributed by atoms with Crippen molar-refractivity contribution in [3.63, 3.8) is 0 Å². The maximum absolute atomic E-state index is 12.5. The van der Waals surface area contributed by atoms with Crippen LogP contribution in [0.4, 0.5) is 4.79 Å². The molecule has 0 aromatic heterocycles. The molecule has 3 atom stereocenters. The summed E-state index contributed by atoms with van der Waals surface area (Å²) >= 11 is 1.62. The van der Waals surface area contributed by atoms with Crippen LogP contribution in [0.5, 0.6) is 0 Å². The molecule has 2 amide bonds. The Morgan fingerprint density at radius 1 is 1.29 bits per heavy atom. The largest absolute Gasteiger partial charge is 0.480 e. The summed E-state index contributed by atoms with van der Waals surface area (Å²) in [5, 5.41) is 12.4. The van der Waals surface area contributed by atoms with Gasteiger partial charge in [0.2, 0.25) is 0 Å². The fraction of sp³-hybridized carbons (Fsp3) is 0.867. The van der Waals surface area contributed by atoms with Gasteiger partial charge in [0.25, 0.3) is 0 Å². The minimum Gasteiger partial charge on any atom is -0.480 e. The van der Waals surface area contributed by atoms with Gasteiger partial charge in [0.05, 0.1) is 5.37 Å². The van der Waals surface area contributed by atoms with Crippen LogP contribution in [-0.2, 0) is 4.79 Å². The van der Waals surface area contributed by atoms with Gasteiger partial charge in [-0.15, -0.1) is 11.8 Å². The third-order valence-corrected chi connectivity index (χ3v) is 5.59. The molecule has 1 saturated carbocycles. The zero-order valence-electron chi connectivity index (χ0n) is 13.0. The number of carboxylic acid groups (broad SMARTS) is 1. The highest BCUT2D eigenvalue weighted by Gasteiger charge is 2.48. The Kier molecular flexibility index (Phi) is 5.41. The van der Waals surface area contributed by atoms with E-state index in [1.165, 1.54) is 0 Å². The van der Waals surface area contributed by atoms with E-state index < -0.39 is 12.0 Å². The molecule has 2 N–H and O–H groups in total. The van der Waals surface area contributed by atoms with E-state index in [4.69, 9.17) is 0 Å². The van der Waals surface area contributed by atoms with Crippen LogP contribution < -0.4 is 5.32 Å². The van der Waals surface area contributed by atoms with Gasteiger partial charge in [0.1, 0.15) is 6.04 Å². The molecule has 1 heterocycles. The van der Waals surface area contributed by atoms with E-state index >= 15 is 0 Å². The predicted octanol–water partition coefficient (Wildman–Crippen LogP) is 2.76. The number of urea groups is 1. The van der Waals surface area contributed by atoms with E-state index in [0.717, 1.165) is 25.7 Å². The Hall–Kier alpha value is -0.910. The van der Waals surface area contributed by atoms with Crippen molar-refractivity contribution >= 4 is 23.8 Å². The van der Waals surface area contributed by atoms with E-state index in [0.29, 0.717) is 17.6 Å². The van der Waals surface area contributed by atoms with Crippen molar-refractivity contribution in [1.82, 2.24) is 10.2 Å². The Morgan fingerprint density at radius 2 is 1.95 bits per heavy atom. The second kappa shape index (κ2) is 6.90. The van der Waals surface area contributed by atoms with Gasteiger partial charge in [-0.05, 0) is 44.4 Å². The van der Waals surface area contributed by atoms with E-state index in [9.17, 15) is 14.7 Å². The van der Waals surface area contributed by atoms with Gasteiger partial charge in [0, 0.05) is 11.8 Å². The molecule has 6 heteroatoms. The summed E-state index contributed by atoms with van der Waals surface area (Å²) in [4.78, 5) is 25.4. The molecule has 2 rings (SSSR count). The van der Waals surface area contributed by atoms with Gasteiger partial charge in [-0.25, -0.2) is 9.59 Å². The molecule has 2 fully saturated rings. The fourth-order valence-electron chi connectivity index (χ4n) is 2.66. The van der Waals surface area contributed by atoms with Crippen LogP contribution in [0.15, 0.2) is 0 Å². The quantitative estimate of drug-likeness (QED) is 0.791. The number of hydrogen-bond donors (Lipinski definition) is 2. The summed E-state index contributed by atoms with van der Waals surface area (Å²) in [7, 11) is 0. The molecule has 1 saturated heterocycles. The molecule has 3 unspecified atom stereocenters. The van der Waals surface area contributed by atoms with Crippen LogP contribution in [0, 0.1) is 11.8 Å². The summed E-state index contributed by atoms with van der Waals surface area (Å²) in [5.41, 5.74) is 0. The number of amides is 2. The molecule has 5 nitrogen and oxygen atoms in total. The first-order valence-electron chi connectivity index (χ1n) is 7.83. The lowest BCUT2D eigenvalue weighted by Crippen LogP contribution is -2.52. The van der Waals surface area contributed by atoms with Gasteiger partial charge in [-0.2, -0.15) is 0 Å². The van der Waals surface area contributed by atoms with E-state index in [2.05, 4.69) is 19.2 Å². The molecule has 0 spiro atoms. The molecular formula is C15H26N2O3S. The number of aliphatic carboxylic acids is 1. The summed E-state index contributed by atoms with van der Waals surface area (Å²) in [6.07, 6.45) is 4.20. The molecule has 2 aliphatic rings. The number of nitrogens with zero attached hydrogens (tertiary/aromatic N) is 1. The first kappa shape index (κ1) is 16.5. The van der Waals surface area contributed by atoms with Gasteiger partial charge >= 0.3 is 12.0 Å². The van der Waals surface area contributed by atoms with Crippen LogP contribution in [0.25, 0.3) is 0 Å². The van der Waals surface area contributed by atoms with Crippen molar-refractivity contribution in [2.45, 2.75) is 63.9 Å². The van der Waals surface area contributed by atoms with E-state index in [1.54, 1.807) is 16.7 Å². The predicted molar refractivity (Wildman–Crippen MR) is 84.3 cm³/mol. The van der Waals surface area contributed by atoms with Crippen LogP contribution in [-0.4, -0.2) is 45.2 Å². The minimum absolute atomic E-state index is 0.0448. The average molecular weight is 314 g/mol. The van der Waals surface area contributed by atoms with E-state index in [-0.39, 0.29) is 17.4 Å². The highest BCUT2D eigenvalue weighted by molar-refractivity contribution is 8.00. The van der Waals surface area contributed by atoms with Crippen LogP contribution in [0.1, 0.15) is 46.5 Å². The van der Waals surface area contributed by atoms with E-state index in [1.807, 2.05) is 6.92 Å². The number of thioether (sulfide) groups is 1. The summed E-state index contributed by atoms with van der Waals surface area (Å²) in [5.74, 6) is 0.703. The first-order valence-corrected chi connectivity index (χ1v) is 8.88. The average Bonchev–Trinajstić information content (AvgIpc) is 3.14. The lowest BCUT2D eigenvalue weighted by atomic mass is 10.0. The van der Waals surface area contributed by atoms with Crippen molar-refractivity contribution in [2.24, 2.45) is 11.8 Å². The molecule has 1 aliphatic carbocycles. The second-order valence-corrected chi connectivity index (χ2v) is 7.79. The Labute approximate surface area is 130 Å². The molecule has 0 bridgehead atoms. The zero-order chi connectivity index (χ0) is 15.6. The molecule has 21 heavy (non-hydrogen) atoms. The van der Waals surface area contributed by atoms with Crippen molar-refractivity contribution in [3.8, 4) is 0 Å². The van der Waals surface area contributed by atoms with Crippen LogP contribution >= 0.6 is 11.8 Å². The lowest BCUT2D eigenvalue weighted by molar-refractivity contribution is -0.141. The Morgan fingerprint density at radius 3 is 2.48 bits per heavy atom. The molecule has 120 valence electrons. The molecule has 0 aromatic carbocycles. The number of carbonyl (C=O) groups excluding carboxylic acids is 1. The number of rotatable bonds is 6. The topological polar surface area (TPSA) is 69.6 Å². The highest BCUT2D eigenvalue weighted by atomic mass is 32.2. The zero-order valence-corrected chi connectivity index (χ0v) is 13.9. The first-order chi connectivity index (χ1) is 9.90. The van der Waals surface area contributed by atoms with Crippen molar-refractivity contribution < 1.29 is 14.7 Å². The number of carbonyl (C=O) groups is 2. The summed E-state index contributed by atoms with van der Waals surface area (Å²) in [6.45, 7) is 6.32. The molecule has 0 radical (unpaired) electrons. The maximum atomic E-state index is 12.5. The van der Waals surface area contributed by atoms with Crippen molar-refractivity contribution in [1.29, 1.82) is 0 Å². The van der Waals surface area contributed by atoms with Crippen LogP contribution in [0.3, 0.4) is 0 Å². The maximum Gasteiger partial charge on any atom is 0.327 e. The number of nitrogens with one attached hydrogen (secondary N) is 1. The van der Waals surface area contributed by atoms with Gasteiger partial charge in [-0.3, -0.25) is 4.90 Å². The minimum atomic E-state index is -0.893. The smallest absolute Gasteiger partial charge is 0.327 e. The number of hydrogen-bond acceptors (Lipinski definition) is 3. The van der Waals surface area contributed by atoms with Crippen molar-refractivity contribution in [2.75, 3.05) is 5.75 Å². The molecule has 1 aliphatic heterocycles. The SMILES string of the molecule is CC(C)CCC(C)NC(=O)N1C(C(=O)O)CSC1C1CC1. The normalized spacial score (nSPS) is 27.0. The third kappa shape index (κ3) is 4.28. The third-order valence-electron chi connectivity index (χ3n) is 4.13. The Bertz CT molecular complexity index is 398. The van der Waals surface area contributed by atoms with Gasteiger partial charge in [-0.1, -0.05) is 13.8 Å². The highest BCUT2D eigenvalue weighted by Crippen LogP contribution is 2.45. The van der Waals surface area contributed by atoms with Crippen LogP contribution in [0.2, 0.25) is 0 Å². The van der Waals surface area contributed by atoms with Crippen molar-refractivity contribution in [3.05, 3.63) is 0 Å². The Balaban J connectivity index is 1.95. The standard InChI is InChI=1S/C15H26N2O3S/c1-9(2)4-5-10(3)16-15(20)17-12(14(18)19)8-21-13(17)11-6-7-11/h9-13H,4-8H2,1-3H3,(H,16,20)(H,18,19). The molecular weight excluding hydrogens is 288 g/mol. The molecule has 0 aromatic rings. The summed E-state index contributed by atoms with van der Waals surface area (Å²) < 4.78 is 0. The fourth-order valence-corrected chi connectivity index (χ4v) is 4.29. The van der Waals surface area contributed by atoms with Gasteiger partial charge in [0.15, 0.2) is 0 Å². The van der Waals surface area contributed by atoms with Gasteiger partial charge < -0.3 is 10.4 Å². The monoisotopic (exact) mass is 314 g/mol.